The minimum Gasteiger partial charge on any atom is -0.481 e. The van der Waals surface area contributed by atoms with Gasteiger partial charge in [-0.3, -0.25) is 9.59 Å². The molecule has 0 fully saturated rings. The zero-order chi connectivity index (χ0) is 21.3. The Balaban J connectivity index is 1.68. The molecule has 7 nitrogen and oxygen atoms in total. The van der Waals surface area contributed by atoms with E-state index < -0.39 is 11.9 Å². The van der Waals surface area contributed by atoms with Crippen molar-refractivity contribution < 1.29 is 14.7 Å². The molecule has 30 heavy (non-hydrogen) atoms. The van der Waals surface area contributed by atoms with Crippen LogP contribution in [0.4, 0.5) is 5.69 Å². The van der Waals surface area contributed by atoms with E-state index >= 15 is 0 Å². The molecule has 4 rings (SSSR count). The molecule has 0 saturated carbocycles. The minimum absolute atomic E-state index is 0.0740. The molecule has 4 aromatic rings. The molecule has 1 amide bonds. The van der Waals surface area contributed by atoms with Gasteiger partial charge in [0.2, 0.25) is 0 Å². The number of hydrogen-bond acceptors (Lipinski definition) is 4. The standard InChI is InChI=1S/C22H17ClN4O3/c1-13-11-27-12-18(22(30)25-17-7-5-14(6-8-17)9-19(28)29)26-20(21(27)24-13)15-3-2-4-16(23)10-15/h2-8,10-12H,9H2,1H3,(H,25,30)(H,28,29). The number of carbonyl (C=O) groups is 2. The predicted molar refractivity (Wildman–Crippen MR) is 114 cm³/mol. The third-order valence-electron chi connectivity index (χ3n) is 4.46. The van der Waals surface area contributed by atoms with Gasteiger partial charge in [0.25, 0.3) is 5.91 Å². The van der Waals surface area contributed by atoms with E-state index in [0.29, 0.717) is 27.6 Å². The molecule has 0 aliphatic carbocycles. The van der Waals surface area contributed by atoms with Crippen LogP contribution in [0.1, 0.15) is 21.7 Å². The number of anilines is 1. The SMILES string of the molecule is Cc1cn2cc(C(=O)Nc3ccc(CC(=O)O)cc3)nc(-c3cccc(Cl)c3)c2n1. The van der Waals surface area contributed by atoms with Crippen LogP contribution in [0, 0.1) is 6.92 Å². The summed E-state index contributed by atoms with van der Waals surface area (Å²) >= 11 is 6.13. The fourth-order valence-corrected chi connectivity index (χ4v) is 3.33. The molecule has 0 aliphatic rings. The normalized spacial score (nSPS) is 10.9. The van der Waals surface area contributed by atoms with Gasteiger partial charge in [-0.25, -0.2) is 9.97 Å². The second kappa shape index (κ2) is 7.96. The second-order valence-electron chi connectivity index (χ2n) is 6.82. The number of imidazole rings is 1. The first-order valence-corrected chi connectivity index (χ1v) is 9.51. The van der Waals surface area contributed by atoms with Gasteiger partial charge in [-0.05, 0) is 36.8 Å². The molecule has 0 spiro atoms. The van der Waals surface area contributed by atoms with Crippen molar-refractivity contribution >= 4 is 34.8 Å². The van der Waals surface area contributed by atoms with Crippen molar-refractivity contribution in [2.45, 2.75) is 13.3 Å². The highest BCUT2D eigenvalue weighted by atomic mass is 35.5. The number of benzene rings is 2. The van der Waals surface area contributed by atoms with Crippen LogP contribution >= 0.6 is 11.6 Å². The lowest BCUT2D eigenvalue weighted by molar-refractivity contribution is -0.136. The average Bonchev–Trinajstić information content (AvgIpc) is 3.08. The lowest BCUT2D eigenvalue weighted by Gasteiger charge is -2.09. The summed E-state index contributed by atoms with van der Waals surface area (Å²) in [4.78, 5) is 32.7. The first-order chi connectivity index (χ1) is 14.4. The maximum absolute atomic E-state index is 12.9. The summed E-state index contributed by atoms with van der Waals surface area (Å²) in [5, 5.41) is 12.2. The fraction of sp³-hybridized carbons (Fsp3) is 0.0909. The second-order valence-corrected chi connectivity index (χ2v) is 7.26. The fourth-order valence-electron chi connectivity index (χ4n) is 3.14. The molecule has 2 N–H and O–H groups in total. The van der Waals surface area contributed by atoms with Gasteiger partial charge in [-0.2, -0.15) is 0 Å². The van der Waals surface area contributed by atoms with Crippen LogP contribution in [0.15, 0.2) is 60.9 Å². The molecule has 2 aromatic carbocycles. The summed E-state index contributed by atoms with van der Waals surface area (Å²) < 4.78 is 1.77. The number of rotatable bonds is 5. The van der Waals surface area contributed by atoms with Gasteiger partial charge in [-0.1, -0.05) is 35.9 Å². The van der Waals surface area contributed by atoms with Crippen LogP contribution in [0.5, 0.6) is 0 Å². The Morgan fingerprint density at radius 2 is 1.87 bits per heavy atom. The molecular formula is C22H17ClN4O3. The Morgan fingerprint density at radius 1 is 1.10 bits per heavy atom. The van der Waals surface area contributed by atoms with Gasteiger partial charge in [0.05, 0.1) is 12.1 Å². The Hall–Kier alpha value is -3.71. The van der Waals surface area contributed by atoms with E-state index in [4.69, 9.17) is 16.7 Å². The van der Waals surface area contributed by atoms with Crippen LogP contribution in [-0.4, -0.2) is 31.4 Å². The topological polar surface area (TPSA) is 96.6 Å². The van der Waals surface area contributed by atoms with Gasteiger partial charge >= 0.3 is 5.97 Å². The number of hydrogen-bond donors (Lipinski definition) is 2. The van der Waals surface area contributed by atoms with E-state index in [1.54, 1.807) is 47.0 Å². The highest BCUT2D eigenvalue weighted by Gasteiger charge is 2.16. The number of aryl methyl sites for hydroxylation is 1. The van der Waals surface area contributed by atoms with E-state index in [1.165, 1.54) is 0 Å². The van der Waals surface area contributed by atoms with E-state index in [9.17, 15) is 9.59 Å². The van der Waals surface area contributed by atoms with Crippen molar-refractivity contribution in [2.24, 2.45) is 0 Å². The van der Waals surface area contributed by atoms with Gasteiger partial charge in [0.15, 0.2) is 5.65 Å². The maximum Gasteiger partial charge on any atom is 0.307 e. The number of nitrogens with one attached hydrogen (secondary N) is 1. The Morgan fingerprint density at radius 3 is 2.57 bits per heavy atom. The van der Waals surface area contributed by atoms with Gasteiger partial charge in [0.1, 0.15) is 11.4 Å². The smallest absolute Gasteiger partial charge is 0.307 e. The third-order valence-corrected chi connectivity index (χ3v) is 4.69. The van der Waals surface area contributed by atoms with Crippen molar-refractivity contribution in [2.75, 3.05) is 5.32 Å². The molecular weight excluding hydrogens is 404 g/mol. The zero-order valence-corrected chi connectivity index (χ0v) is 16.7. The molecule has 0 radical (unpaired) electrons. The molecule has 0 atom stereocenters. The molecule has 2 heterocycles. The van der Waals surface area contributed by atoms with E-state index in [0.717, 1.165) is 11.3 Å². The van der Waals surface area contributed by atoms with Crippen molar-refractivity contribution in [1.82, 2.24) is 14.4 Å². The molecule has 0 bridgehead atoms. The number of carboxylic acid groups (broad SMARTS) is 1. The molecule has 150 valence electrons. The Bertz CT molecular complexity index is 1270. The molecule has 0 unspecified atom stereocenters. The van der Waals surface area contributed by atoms with Crippen molar-refractivity contribution in [3.05, 3.63) is 82.9 Å². The summed E-state index contributed by atoms with van der Waals surface area (Å²) in [7, 11) is 0. The van der Waals surface area contributed by atoms with Gasteiger partial charge in [-0.15, -0.1) is 0 Å². The number of nitrogens with zero attached hydrogens (tertiary/aromatic N) is 3. The number of halogens is 1. The average molecular weight is 421 g/mol. The first kappa shape index (κ1) is 19.6. The molecule has 0 saturated heterocycles. The number of aliphatic carboxylic acids is 1. The molecule has 8 heteroatoms. The van der Waals surface area contributed by atoms with Gasteiger partial charge in [0, 0.05) is 28.7 Å². The number of carboxylic acids is 1. The summed E-state index contributed by atoms with van der Waals surface area (Å²) in [6.45, 7) is 1.87. The van der Waals surface area contributed by atoms with Crippen molar-refractivity contribution in [1.29, 1.82) is 0 Å². The van der Waals surface area contributed by atoms with E-state index in [-0.39, 0.29) is 12.1 Å². The highest BCUT2D eigenvalue weighted by molar-refractivity contribution is 6.30. The van der Waals surface area contributed by atoms with Crippen LogP contribution in [-0.2, 0) is 11.2 Å². The van der Waals surface area contributed by atoms with E-state index in [2.05, 4.69) is 15.3 Å². The monoisotopic (exact) mass is 420 g/mol. The number of amides is 1. The predicted octanol–water partition coefficient (Wildman–Crippen LogP) is 4.24. The summed E-state index contributed by atoms with van der Waals surface area (Å²) in [5.41, 5.74) is 4.14. The Labute approximate surface area is 177 Å². The minimum atomic E-state index is -0.909. The van der Waals surface area contributed by atoms with Crippen molar-refractivity contribution in [3.8, 4) is 11.3 Å². The van der Waals surface area contributed by atoms with Crippen LogP contribution in [0.3, 0.4) is 0 Å². The third kappa shape index (κ3) is 4.16. The van der Waals surface area contributed by atoms with Gasteiger partial charge < -0.3 is 14.8 Å². The summed E-state index contributed by atoms with van der Waals surface area (Å²) in [6, 6.07) is 13.9. The van der Waals surface area contributed by atoms with E-state index in [1.807, 2.05) is 25.3 Å². The van der Waals surface area contributed by atoms with Crippen molar-refractivity contribution in [3.63, 3.8) is 0 Å². The van der Waals surface area contributed by atoms with Crippen LogP contribution < -0.4 is 5.32 Å². The zero-order valence-electron chi connectivity index (χ0n) is 16.0. The Kier molecular flexibility index (Phi) is 5.20. The molecule has 2 aromatic heterocycles. The first-order valence-electron chi connectivity index (χ1n) is 9.13. The van der Waals surface area contributed by atoms with Crippen LogP contribution in [0.2, 0.25) is 5.02 Å². The number of carbonyl (C=O) groups excluding carboxylic acids is 1. The van der Waals surface area contributed by atoms with Crippen LogP contribution in [0.25, 0.3) is 16.9 Å². The number of fused-ring (bicyclic) bond motifs is 1. The lowest BCUT2D eigenvalue weighted by atomic mass is 10.1. The summed E-state index contributed by atoms with van der Waals surface area (Å²) in [5.74, 6) is -1.30. The lowest BCUT2D eigenvalue weighted by Crippen LogP contribution is -2.15. The largest absolute Gasteiger partial charge is 0.481 e. The number of aromatic nitrogens is 3. The highest BCUT2D eigenvalue weighted by Crippen LogP contribution is 2.25. The molecule has 0 aliphatic heterocycles. The summed E-state index contributed by atoms with van der Waals surface area (Å²) in [6.07, 6.45) is 3.37. The quantitative estimate of drug-likeness (QED) is 0.503. The maximum atomic E-state index is 12.9.